The monoisotopic (exact) mass is 242 g/mol. The van der Waals surface area contributed by atoms with Crippen LogP contribution in [-0.2, 0) is 4.74 Å². The second-order valence-electron chi connectivity index (χ2n) is 4.20. The number of rotatable bonds is 2. The van der Waals surface area contributed by atoms with Crippen molar-refractivity contribution in [1.29, 1.82) is 0 Å². The summed E-state index contributed by atoms with van der Waals surface area (Å²) in [6, 6.07) is 7.48. The molecule has 1 N–H and O–H groups in total. The fourth-order valence-electron chi connectivity index (χ4n) is 2.39. The zero-order chi connectivity index (χ0) is 12.5. The fraction of sp³-hybridized carbons (Fsp3) is 0.286. The van der Waals surface area contributed by atoms with Gasteiger partial charge in [-0.2, -0.15) is 0 Å². The van der Waals surface area contributed by atoms with Crippen molar-refractivity contribution in [1.82, 2.24) is 9.97 Å². The molecule has 3 rings (SSSR count). The maximum atomic E-state index is 10.4. The van der Waals surface area contributed by atoms with Gasteiger partial charge in [-0.1, -0.05) is 12.1 Å². The van der Waals surface area contributed by atoms with Crippen molar-refractivity contribution < 1.29 is 9.84 Å². The highest BCUT2D eigenvalue weighted by molar-refractivity contribution is 5.66. The minimum absolute atomic E-state index is 0.365. The Morgan fingerprint density at radius 1 is 1.11 bits per heavy atom. The van der Waals surface area contributed by atoms with Gasteiger partial charge in [-0.05, 0) is 19.1 Å². The van der Waals surface area contributed by atoms with E-state index >= 15 is 0 Å². The molecule has 0 bridgehead atoms. The maximum Gasteiger partial charge on any atom is 0.115 e. The molecule has 4 nitrogen and oxygen atoms in total. The van der Waals surface area contributed by atoms with Crippen molar-refractivity contribution in [2.45, 2.75) is 19.1 Å². The third-order valence-electron chi connectivity index (χ3n) is 3.16. The molecule has 0 amide bonds. The van der Waals surface area contributed by atoms with E-state index in [2.05, 4.69) is 9.97 Å². The highest BCUT2D eigenvalue weighted by Crippen LogP contribution is 2.43. The summed E-state index contributed by atoms with van der Waals surface area (Å²) >= 11 is 0. The Morgan fingerprint density at radius 3 is 2.39 bits per heavy atom. The van der Waals surface area contributed by atoms with Crippen LogP contribution in [0.4, 0.5) is 0 Å². The third kappa shape index (κ3) is 1.62. The average molecular weight is 242 g/mol. The number of aliphatic hydroxyl groups excluding tert-OH is 1. The summed E-state index contributed by atoms with van der Waals surface area (Å²) in [5, 5.41) is 10.4. The molecule has 0 saturated carbocycles. The molecular formula is C14H14N2O2. The van der Waals surface area contributed by atoms with Gasteiger partial charge in [0, 0.05) is 30.1 Å². The minimum atomic E-state index is -0.689. The molecule has 0 aromatic carbocycles. The van der Waals surface area contributed by atoms with E-state index in [0.29, 0.717) is 6.61 Å². The summed E-state index contributed by atoms with van der Waals surface area (Å²) in [6.07, 6.45) is 2.39. The molecule has 0 aliphatic heterocycles. The molecule has 2 atom stereocenters. The first kappa shape index (κ1) is 11.3. The first-order valence-electron chi connectivity index (χ1n) is 6.02. The van der Waals surface area contributed by atoms with E-state index in [-0.39, 0.29) is 6.10 Å². The predicted molar refractivity (Wildman–Crippen MR) is 66.8 cm³/mol. The summed E-state index contributed by atoms with van der Waals surface area (Å²) < 4.78 is 5.66. The number of fused-ring (bicyclic) bond motifs is 3. The number of aliphatic hydroxyl groups is 1. The van der Waals surface area contributed by atoms with Crippen LogP contribution in [0.5, 0.6) is 0 Å². The summed E-state index contributed by atoms with van der Waals surface area (Å²) in [5.74, 6) is 0. The molecule has 2 aromatic rings. The first-order chi connectivity index (χ1) is 8.83. The second-order valence-corrected chi connectivity index (χ2v) is 4.20. The van der Waals surface area contributed by atoms with E-state index in [1.165, 1.54) is 0 Å². The van der Waals surface area contributed by atoms with Crippen molar-refractivity contribution in [2.75, 3.05) is 6.61 Å². The molecule has 0 fully saturated rings. The Morgan fingerprint density at radius 2 is 1.72 bits per heavy atom. The molecule has 2 aromatic heterocycles. The molecule has 18 heavy (non-hydrogen) atoms. The van der Waals surface area contributed by atoms with Gasteiger partial charge in [0.1, 0.15) is 12.2 Å². The van der Waals surface area contributed by atoms with Gasteiger partial charge in [-0.3, -0.25) is 9.97 Å². The molecule has 0 radical (unpaired) electrons. The SMILES string of the molecule is CCO[C@H]1c2cccnc2-c2ncccc2[C@@H]1O. The summed E-state index contributed by atoms with van der Waals surface area (Å²) in [5.41, 5.74) is 3.23. The quantitative estimate of drug-likeness (QED) is 0.877. The summed E-state index contributed by atoms with van der Waals surface area (Å²) in [7, 11) is 0. The number of pyridine rings is 2. The molecule has 1 aliphatic rings. The van der Waals surface area contributed by atoms with E-state index in [1.54, 1.807) is 12.4 Å². The lowest BCUT2D eigenvalue weighted by atomic mass is 9.88. The molecule has 1 aliphatic carbocycles. The number of hydrogen-bond acceptors (Lipinski definition) is 4. The smallest absolute Gasteiger partial charge is 0.115 e. The molecule has 0 unspecified atom stereocenters. The third-order valence-corrected chi connectivity index (χ3v) is 3.16. The first-order valence-corrected chi connectivity index (χ1v) is 6.02. The lowest BCUT2D eigenvalue weighted by Crippen LogP contribution is -2.21. The second kappa shape index (κ2) is 4.48. The zero-order valence-corrected chi connectivity index (χ0v) is 10.1. The highest BCUT2D eigenvalue weighted by atomic mass is 16.5. The maximum absolute atomic E-state index is 10.4. The molecular weight excluding hydrogens is 228 g/mol. The lowest BCUT2D eigenvalue weighted by molar-refractivity contribution is -0.0377. The van der Waals surface area contributed by atoms with Crippen molar-refractivity contribution in [3.63, 3.8) is 0 Å². The van der Waals surface area contributed by atoms with E-state index < -0.39 is 6.10 Å². The standard InChI is InChI=1S/C14H14N2O2/c1-2-18-14-10-6-4-8-16-12(10)11-9(13(14)17)5-3-7-15-11/h3-8,13-14,17H,2H2,1H3/t13-,14-/m0/s1. The van der Waals surface area contributed by atoms with Gasteiger partial charge in [-0.25, -0.2) is 0 Å². The Hall–Kier alpha value is -1.78. The van der Waals surface area contributed by atoms with Crippen LogP contribution in [0, 0.1) is 0 Å². The normalized spacial score (nSPS) is 21.2. The van der Waals surface area contributed by atoms with Gasteiger partial charge in [0.05, 0.1) is 11.4 Å². The fourth-order valence-corrected chi connectivity index (χ4v) is 2.39. The molecule has 2 heterocycles. The van der Waals surface area contributed by atoms with Crippen LogP contribution in [0.2, 0.25) is 0 Å². The number of nitrogens with zero attached hydrogens (tertiary/aromatic N) is 2. The van der Waals surface area contributed by atoms with Gasteiger partial charge in [0.15, 0.2) is 0 Å². The van der Waals surface area contributed by atoms with Crippen LogP contribution in [0.15, 0.2) is 36.7 Å². The molecule has 0 saturated heterocycles. The largest absolute Gasteiger partial charge is 0.385 e. The minimum Gasteiger partial charge on any atom is -0.385 e. The summed E-state index contributed by atoms with van der Waals surface area (Å²) in [4.78, 5) is 8.70. The van der Waals surface area contributed by atoms with E-state index in [9.17, 15) is 5.11 Å². The van der Waals surface area contributed by atoms with Crippen LogP contribution >= 0.6 is 0 Å². The van der Waals surface area contributed by atoms with Crippen LogP contribution < -0.4 is 0 Å². The molecule has 4 heteroatoms. The van der Waals surface area contributed by atoms with Crippen molar-refractivity contribution in [3.8, 4) is 11.4 Å². The number of ether oxygens (including phenoxy) is 1. The predicted octanol–water partition coefficient (Wildman–Crippen LogP) is 2.27. The zero-order valence-electron chi connectivity index (χ0n) is 10.1. The van der Waals surface area contributed by atoms with Crippen LogP contribution in [0.1, 0.15) is 30.3 Å². The molecule has 92 valence electrons. The van der Waals surface area contributed by atoms with Crippen molar-refractivity contribution in [3.05, 3.63) is 47.8 Å². The van der Waals surface area contributed by atoms with Gasteiger partial charge in [-0.15, -0.1) is 0 Å². The number of hydrogen-bond donors (Lipinski definition) is 1. The van der Waals surface area contributed by atoms with E-state index in [4.69, 9.17) is 4.74 Å². The van der Waals surface area contributed by atoms with Crippen molar-refractivity contribution >= 4 is 0 Å². The average Bonchev–Trinajstić information content (AvgIpc) is 2.43. The van der Waals surface area contributed by atoms with Crippen LogP contribution in [0.3, 0.4) is 0 Å². The van der Waals surface area contributed by atoms with Gasteiger partial charge in [0.25, 0.3) is 0 Å². The van der Waals surface area contributed by atoms with E-state index in [1.807, 2.05) is 31.2 Å². The van der Waals surface area contributed by atoms with Crippen LogP contribution in [0.25, 0.3) is 11.4 Å². The number of aromatic nitrogens is 2. The van der Waals surface area contributed by atoms with Gasteiger partial charge >= 0.3 is 0 Å². The van der Waals surface area contributed by atoms with Crippen molar-refractivity contribution in [2.24, 2.45) is 0 Å². The Balaban J connectivity index is 2.21. The topological polar surface area (TPSA) is 55.2 Å². The lowest BCUT2D eigenvalue weighted by Gasteiger charge is -2.30. The Kier molecular flexibility index (Phi) is 2.81. The molecule has 0 spiro atoms. The van der Waals surface area contributed by atoms with Crippen LogP contribution in [-0.4, -0.2) is 21.7 Å². The highest BCUT2D eigenvalue weighted by Gasteiger charge is 2.34. The summed E-state index contributed by atoms with van der Waals surface area (Å²) in [6.45, 7) is 2.47. The Bertz CT molecular complexity index is 571. The van der Waals surface area contributed by atoms with E-state index in [0.717, 1.165) is 22.5 Å². The van der Waals surface area contributed by atoms with Gasteiger partial charge < -0.3 is 9.84 Å². The van der Waals surface area contributed by atoms with Gasteiger partial charge in [0.2, 0.25) is 0 Å². The Labute approximate surface area is 105 Å².